The van der Waals surface area contributed by atoms with Crippen molar-refractivity contribution in [2.45, 2.75) is 13.5 Å². The average Bonchev–Trinajstić information content (AvgIpc) is 2.40. The molecule has 0 fully saturated rings. The quantitative estimate of drug-likeness (QED) is 0.790. The standard InChI is InChI=1S/C15H18N2O/c1-13-6-5-7-14(17-13)12-16-10-11-18-15-8-3-2-4-9-15/h2-9,16H,10-12H2,1H3. The van der Waals surface area contributed by atoms with Gasteiger partial charge in [0.15, 0.2) is 0 Å². The summed E-state index contributed by atoms with van der Waals surface area (Å²) in [6.07, 6.45) is 0. The lowest BCUT2D eigenvalue weighted by molar-refractivity contribution is 0.313. The lowest BCUT2D eigenvalue weighted by atomic mass is 10.3. The highest BCUT2D eigenvalue weighted by Gasteiger charge is 1.95. The maximum atomic E-state index is 5.58. The van der Waals surface area contributed by atoms with Gasteiger partial charge in [0, 0.05) is 18.8 Å². The number of nitrogens with one attached hydrogen (secondary N) is 1. The van der Waals surface area contributed by atoms with Gasteiger partial charge in [-0.3, -0.25) is 4.98 Å². The van der Waals surface area contributed by atoms with Crippen LogP contribution in [-0.4, -0.2) is 18.1 Å². The van der Waals surface area contributed by atoms with Gasteiger partial charge < -0.3 is 10.1 Å². The van der Waals surface area contributed by atoms with Crippen molar-refractivity contribution >= 4 is 0 Å². The van der Waals surface area contributed by atoms with Crippen molar-refractivity contribution in [3.63, 3.8) is 0 Å². The second-order valence-corrected chi connectivity index (χ2v) is 4.11. The van der Waals surface area contributed by atoms with Crippen molar-refractivity contribution in [2.75, 3.05) is 13.2 Å². The molecule has 2 aromatic rings. The summed E-state index contributed by atoms with van der Waals surface area (Å²) in [5, 5.41) is 3.31. The monoisotopic (exact) mass is 242 g/mol. The first kappa shape index (κ1) is 12.6. The smallest absolute Gasteiger partial charge is 0.119 e. The predicted molar refractivity (Wildman–Crippen MR) is 72.6 cm³/mol. The van der Waals surface area contributed by atoms with Gasteiger partial charge in [-0.25, -0.2) is 0 Å². The minimum Gasteiger partial charge on any atom is -0.492 e. The zero-order valence-corrected chi connectivity index (χ0v) is 10.6. The zero-order valence-electron chi connectivity index (χ0n) is 10.6. The maximum absolute atomic E-state index is 5.58. The van der Waals surface area contributed by atoms with Gasteiger partial charge in [-0.1, -0.05) is 24.3 Å². The van der Waals surface area contributed by atoms with E-state index in [9.17, 15) is 0 Å². The molecule has 0 amide bonds. The third-order valence-corrected chi connectivity index (χ3v) is 2.54. The highest BCUT2D eigenvalue weighted by molar-refractivity contribution is 5.20. The summed E-state index contributed by atoms with van der Waals surface area (Å²) in [5.74, 6) is 0.910. The zero-order chi connectivity index (χ0) is 12.6. The first-order valence-electron chi connectivity index (χ1n) is 6.16. The van der Waals surface area contributed by atoms with Crippen molar-refractivity contribution in [1.29, 1.82) is 0 Å². The molecule has 94 valence electrons. The Morgan fingerprint density at radius 3 is 2.67 bits per heavy atom. The Bertz CT molecular complexity index is 471. The summed E-state index contributed by atoms with van der Waals surface area (Å²) >= 11 is 0. The van der Waals surface area contributed by atoms with Gasteiger partial charge >= 0.3 is 0 Å². The molecular weight excluding hydrogens is 224 g/mol. The fourth-order valence-electron chi connectivity index (χ4n) is 1.67. The molecule has 0 atom stereocenters. The summed E-state index contributed by atoms with van der Waals surface area (Å²) in [6.45, 7) is 4.25. The van der Waals surface area contributed by atoms with E-state index in [1.54, 1.807) is 0 Å². The average molecular weight is 242 g/mol. The second-order valence-electron chi connectivity index (χ2n) is 4.11. The van der Waals surface area contributed by atoms with Gasteiger partial charge in [0.25, 0.3) is 0 Å². The van der Waals surface area contributed by atoms with E-state index in [1.807, 2.05) is 55.5 Å². The molecule has 0 unspecified atom stereocenters. The Morgan fingerprint density at radius 1 is 1.06 bits per heavy atom. The van der Waals surface area contributed by atoms with E-state index in [-0.39, 0.29) is 0 Å². The molecule has 0 saturated heterocycles. The van der Waals surface area contributed by atoms with Crippen LogP contribution in [0.1, 0.15) is 11.4 Å². The molecular formula is C15H18N2O. The summed E-state index contributed by atoms with van der Waals surface area (Å²) in [6, 6.07) is 15.9. The van der Waals surface area contributed by atoms with Crippen LogP contribution in [0.15, 0.2) is 48.5 Å². The van der Waals surface area contributed by atoms with Crippen LogP contribution in [0.2, 0.25) is 0 Å². The Hall–Kier alpha value is -1.87. The molecule has 0 saturated carbocycles. The molecule has 0 aliphatic carbocycles. The minimum absolute atomic E-state index is 0.663. The van der Waals surface area contributed by atoms with Crippen LogP contribution < -0.4 is 10.1 Å². The maximum Gasteiger partial charge on any atom is 0.119 e. The van der Waals surface area contributed by atoms with Gasteiger partial charge in [-0.05, 0) is 31.2 Å². The number of ether oxygens (including phenoxy) is 1. The number of para-hydroxylation sites is 1. The molecule has 0 aliphatic rings. The lowest BCUT2D eigenvalue weighted by Gasteiger charge is -2.07. The third kappa shape index (κ3) is 4.18. The van der Waals surface area contributed by atoms with Crippen LogP contribution in [-0.2, 0) is 6.54 Å². The van der Waals surface area contributed by atoms with E-state index < -0.39 is 0 Å². The van der Waals surface area contributed by atoms with E-state index in [0.717, 1.165) is 30.2 Å². The summed E-state index contributed by atoms with van der Waals surface area (Å²) in [5.41, 5.74) is 2.12. The molecule has 1 aromatic heterocycles. The number of benzene rings is 1. The van der Waals surface area contributed by atoms with Crippen LogP contribution >= 0.6 is 0 Å². The molecule has 0 bridgehead atoms. The number of rotatable bonds is 6. The van der Waals surface area contributed by atoms with Crippen LogP contribution in [0.25, 0.3) is 0 Å². The number of pyridine rings is 1. The highest BCUT2D eigenvalue weighted by atomic mass is 16.5. The van der Waals surface area contributed by atoms with Crippen LogP contribution in [0.4, 0.5) is 0 Å². The fraction of sp³-hybridized carbons (Fsp3) is 0.267. The number of nitrogens with zero attached hydrogens (tertiary/aromatic N) is 1. The van der Waals surface area contributed by atoms with E-state index in [2.05, 4.69) is 10.3 Å². The van der Waals surface area contributed by atoms with E-state index >= 15 is 0 Å². The van der Waals surface area contributed by atoms with Crippen LogP contribution in [0.5, 0.6) is 5.75 Å². The number of aryl methyl sites for hydroxylation is 1. The Kier molecular flexibility index (Phi) is 4.73. The molecule has 3 heteroatoms. The lowest BCUT2D eigenvalue weighted by Crippen LogP contribution is -2.21. The summed E-state index contributed by atoms with van der Waals surface area (Å²) < 4.78 is 5.58. The van der Waals surface area contributed by atoms with Crippen LogP contribution in [0.3, 0.4) is 0 Å². The Morgan fingerprint density at radius 2 is 1.89 bits per heavy atom. The molecule has 1 N–H and O–H groups in total. The van der Waals surface area contributed by atoms with Gasteiger partial charge in [-0.15, -0.1) is 0 Å². The van der Waals surface area contributed by atoms with Gasteiger partial charge in [-0.2, -0.15) is 0 Å². The second kappa shape index (κ2) is 6.77. The first-order chi connectivity index (χ1) is 8.84. The summed E-state index contributed by atoms with van der Waals surface area (Å²) in [4.78, 5) is 4.43. The first-order valence-corrected chi connectivity index (χ1v) is 6.16. The molecule has 18 heavy (non-hydrogen) atoms. The Balaban J connectivity index is 1.65. The number of hydrogen-bond acceptors (Lipinski definition) is 3. The van der Waals surface area contributed by atoms with Crippen molar-refractivity contribution in [2.24, 2.45) is 0 Å². The topological polar surface area (TPSA) is 34.1 Å². The van der Waals surface area contributed by atoms with Gasteiger partial charge in [0.1, 0.15) is 12.4 Å². The minimum atomic E-state index is 0.663. The largest absolute Gasteiger partial charge is 0.492 e. The SMILES string of the molecule is Cc1cccc(CNCCOc2ccccc2)n1. The molecule has 1 aromatic carbocycles. The van der Waals surface area contributed by atoms with Crippen molar-refractivity contribution in [3.8, 4) is 5.75 Å². The third-order valence-electron chi connectivity index (χ3n) is 2.54. The molecule has 1 heterocycles. The molecule has 2 rings (SSSR count). The molecule has 3 nitrogen and oxygen atoms in total. The van der Waals surface area contributed by atoms with E-state index in [4.69, 9.17) is 4.74 Å². The normalized spacial score (nSPS) is 10.3. The fourth-order valence-corrected chi connectivity index (χ4v) is 1.67. The van der Waals surface area contributed by atoms with Crippen molar-refractivity contribution in [3.05, 3.63) is 59.9 Å². The van der Waals surface area contributed by atoms with E-state index in [1.165, 1.54) is 0 Å². The molecule has 0 spiro atoms. The van der Waals surface area contributed by atoms with Gasteiger partial charge in [0.05, 0.1) is 5.69 Å². The van der Waals surface area contributed by atoms with Gasteiger partial charge in [0.2, 0.25) is 0 Å². The van der Waals surface area contributed by atoms with Crippen molar-refractivity contribution < 1.29 is 4.74 Å². The Labute approximate surface area is 108 Å². The predicted octanol–water partition coefficient (Wildman–Crippen LogP) is 2.56. The molecule has 0 aliphatic heterocycles. The molecule has 0 radical (unpaired) electrons. The van der Waals surface area contributed by atoms with Crippen LogP contribution in [0, 0.1) is 6.92 Å². The number of aromatic nitrogens is 1. The highest BCUT2D eigenvalue weighted by Crippen LogP contribution is 2.07. The van der Waals surface area contributed by atoms with Crippen molar-refractivity contribution in [1.82, 2.24) is 10.3 Å². The van der Waals surface area contributed by atoms with E-state index in [0.29, 0.717) is 6.61 Å². The number of hydrogen-bond donors (Lipinski definition) is 1. The summed E-state index contributed by atoms with van der Waals surface area (Å²) in [7, 11) is 0.